The van der Waals surface area contributed by atoms with E-state index in [4.69, 9.17) is 0 Å². The molecule has 0 fully saturated rings. The highest BCUT2D eigenvalue weighted by Gasteiger charge is 2.37. The van der Waals surface area contributed by atoms with E-state index in [1.807, 2.05) is 0 Å². The smallest absolute Gasteiger partial charge is 0.425 e. The molecule has 25 heavy (non-hydrogen) atoms. The molecular formula is C15H21F6N3O. The van der Waals surface area contributed by atoms with E-state index in [1.165, 1.54) is 12.3 Å². The van der Waals surface area contributed by atoms with Crippen LogP contribution in [0.2, 0.25) is 0 Å². The fourth-order valence-corrected chi connectivity index (χ4v) is 1.47. The molecule has 2 atom stereocenters. The summed E-state index contributed by atoms with van der Waals surface area (Å²) < 4.78 is 79.3. The first-order valence-corrected chi connectivity index (χ1v) is 7.28. The first-order chi connectivity index (χ1) is 11.5. The SMILES string of the molecule is C=C/C=N\C/C(=C\C(C)CNC/N=C/OC(C)C(F)(F)F)C(F)(F)F. The zero-order valence-electron chi connectivity index (χ0n) is 13.9. The minimum Gasteiger partial charge on any atom is -0.471 e. The van der Waals surface area contributed by atoms with E-state index in [2.05, 4.69) is 26.6 Å². The summed E-state index contributed by atoms with van der Waals surface area (Å²) in [6.45, 7) is 5.27. The maximum atomic E-state index is 12.8. The number of nitrogens with one attached hydrogen (secondary N) is 1. The van der Waals surface area contributed by atoms with Gasteiger partial charge >= 0.3 is 12.4 Å². The molecule has 0 aromatic heterocycles. The van der Waals surface area contributed by atoms with Crippen molar-refractivity contribution in [3.63, 3.8) is 0 Å². The van der Waals surface area contributed by atoms with Crippen LogP contribution in [0.1, 0.15) is 13.8 Å². The van der Waals surface area contributed by atoms with E-state index in [9.17, 15) is 26.3 Å². The number of alkyl halides is 6. The molecule has 0 saturated carbocycles. The van der Waals surface area contributed by atoms with Crippen molar-refractivity contribution in [2.24, 2.45) is 15.9 Å². The molecule has 0 amide bonds. The quantitative estimate of drug-likeness (QED) is 0.208. The van der Waals surface area contributed by atoms with Crippen LogP contribution < -0.4 is 5.32 Å². The summed E-state index contributed by atoms with van der Waals surface area (Å²) >= 11 is 0. The Morgan fingerprint density at radius 2 is 1.80 bits per heavy atom. The van der Waals surface area contributed by atoms with Crippen LogP contribution in [0.15, 0.2) is 34.3 Å². The van der Waals surface area contributed by atoms with E-state index < -0.39 is 36.5 Å². The van der Waals surface area contributed by atoms with Crippen molar-refractivity contribution in [2.75, 3.05) is 19.8 Å². The molecule has 0 heterocycles. The summed E-state index contributed by atoms with van der Waals surface area (Å²) in [5, 5.41) is 2.70. The Balaban J connectivity index is 4.36. The van der Waals surface area contributed by atoms with Gasteiger partial charge in [-0.25, -0.2) is 4.99 Å². The van der Waals surface area contributed by atoms with E-state index in [1.54, 1.807) is 6.92 Å². The van der Waals surface area contributed by atoms with Gasteiger partial charge in [-0.3, -0.25) is 10.3 Å². The Morgan fingerprint density at radius 3 is 2.32 bits per heavy atom. The molecule has 0 aliphatic heterocycles. The summed E-state index contributed by atoms with van der Waals surface area (Å²) in [4.78, 5) is 7.13. The molecule has 0 bridgehead atoms. The van der Waals surface area contributed by atoms with Gasteiger partial charge in [-0.15, -0.1) is 0 Å². The number of hydrogen-bond donors (Lipinski definition) is 1. The Bertz CT molecular complexity index is 483. The van der Waals surface area contributed by atoms with Crippen LogP contribution in [-0.4, -0.2) is 50.8 Å². The third-order valence-corrected chi connectivity index (χ3v) is 2.79. The lowest BCUT2D eigenvalue weighted by Gasteiger charge is -2.14. The molecular weight excluding hydrogens is 352 g/mol. The Kier molecular flexibility index (Phi) is 10.1. The van der Waals surface area contributed by atoms with Crippen molar-refractivity contribution in [3.05, 3.63) is 24.3 Å². The lowest BCUT2D eigenvalue weighted by Crippen LogP contribution is -2.28. The van der Waals surface area contributed by atoms with Crippen LogP contribution in [0.25, 0.3) is 0 Å². The highest BCUT2D eigenvalue weighted by Crippen LogP contribution is 2.27. The van der Waals surface area contributed by atoms with Crippen LogP contribution in [-0.2, 0) is 4.74 Å². The van der Waals surface area contributed by atoms with E-state index in [-0.39, 0.29) is 13.2 Å². The second-order valence-corrected chi connectivity index (χ2v) is 5.11. The predicted octanol–water partition coefficient (Wildman–Crippen LogP) is 3.91. The van der Waals surface area contributed by atoms with Crippen LogP contribution in [0.5, 0.6) is 0 Å². The number of ether oxygens (including phenoxy) is 1. The Labute approximate surface area is 142 Å². The van der Waals surface area contributed by atoms with Gasteiger partial charge in [0.15, 0.2) is 12.5 Å². The largest absolute Gasteiger partial charge is 0.471 e. The molecule has 0 radical (unpaired) electrons. The maximum Gasteiger partial charge on any atom is 0.425 e. The summed E-state index contributed by atoms with van der Waals surface area (Å²) in [6, 6.07) is 0. The first-order valence-electron chi connectivity index (χ1n) is 7.28. The third-order valence-electron chi connectivity index (χ3n) is 2.79. The van der Waals surface area contributed by atoms with E-state index in [0.717, 1.165) is 13.0 Å². The van der Waals surface area contributed by atoms with Crippen molar-refractivity contribution in [1.82, 2.24) is 5.32 Å². The molecule has 144 valence electrons. The molecule has 0 spiro atoms. The zero-order chi connectivity index (χ0) is 19.5. The Morgan fingerprint density at radius 1 is 1.16 bits per heavy atom. The molecule has 1 N–H and O–H groups in total. The van der Waals surface area contributed by atoms with Crippen LogP contribution in [0.4, 0.5) is 26.3 Å². The summed E-state index contributed by atoms with van der Waals surface area (Å²) in [5.74, 6) is -0.485. The minimum absolute atomic E-state index is 0.0846. The highest BCUT2D eigenvalue weighted by atomic mass is 19.4. The fourth-order valence-electron chi connectivity index (χ4n) is 1.47. The number of rotatable bonds is 10. The van der Waals surface area contributed by atoms with Crippen LogP contribution >= 0.6 is 0 Å². The van der Waals surface area contributed by atoms with Crippen LogP contribution in [0.3, 0.4) is 0 Å². The van der Waals surface area contributed by atoms with Crippen molar-refractivity contribution >= 4 is 12.6 Å². The number of hydrogen-bond acceptors (Lipinski definition) is 4. The molecule has 0 rings (SSSR count). The van der Waals surface area contributed by atoms with Crippen LogP contribution in [0, 0.1) is 5.92 Å². The number of halogens is 6. The van der Waals surface area contributed by atoms with E-state index in [0.29, 0.717) is 6.40 Å². The maximum absolute atomic E-state index is 12.8. The molecule has 0 aliphatic rings. The van der Waals surface area contributed by atoms with Crippen molar-refractivity contribution in [3.8, 4) is 0 Å². The average Bonchev–Trinajstić information content (AvgIpc) is 2.47. The van der Waals surface area contributed by atoms with Gasteiger partial charge in [0, 0.05) is 12.8 Å². The van der Waals surface area contributed by atoms with Gasteiger partial charge in [0.2, 0.25) is 0 Å². The van der Waals surface area contributed by atoms with Crippen molar-refractivity contribution in [1.29, 1.82) is 0 Å². The van der Waals surface area contributed by atoms with Gasteiger partial charge < -0.3 is 4.74 Å². The lowest BCUT2D eigenvalue weighted by molar-refractivity contribution is -0.191. The predicted molar refractivity (Wildman–Crippen MR) is 84.8 cm³/mol. The number of nitrogens with zero attached hydrogens (tertiary/aromatic N) is 2. The van der Waals surface area contributed by atoms with Gasteiger partial charge in [-0.05, 0) is 12.8 Å². The molecule has 4 nitrogen and oxygen atoms in total. The fraction of sp³-hybridized carbons (Fsp3) is 0.600. The van der Waals surface area contributed by atoms with Gasteiger partial charge in [0.25, 0.3) is 0 Å². The lowest BCUT2D eigenvalue weighted by atomic mass is 10.1. The summed E-state index contributed by atoms with van der Waals surface area (Å²) in [6.07, 6.45) is -6.80. The van der Waals surface area contributed by atoms with Crippen molar-refractivity contribution in [2.45, 2.75) is 32.3 Å². The molecule has 0 aromatic carbocycles. The first kappa shape index (κ1) is 23.2. The van der Waals surface area contributed by atoms with Crippen molar-refractivity contribution < 1.29 is 31.1 Å². The number of allylic oxidation sites excluding steroid dienone is 1. The second kappa shape index (κ2) is 10.9. The van der Waals surface area contributed by atoms with E-state index >= 15 is 0 Å². The summed E-state index contributed by atoms with van der Waals surface area (Å²) in [7, 11) is 0. The minimum atomic E-state index is -4.49. The summed E-state index contributed by atoms with van der Waals surface area (Å²) in [5.41, 5.74) is -0.786. The molecule has 0 aliphatic carbocycles. The number of aliphatic imine (C=N–C) groups is 2. The van der Waals surface area contributed by atoms with Gasteiger partial charge in [0.05, 0.1) is 18.8 Å². The van der Waals surface area contributed by atoms with Gasteiger partial charge in [-0.2, -0.15) is 26.3 Å². The molecule has 10 heteroatoms. The average molecular weight is 373 g/mol. The van der Waals surface area contributed by atoms with Gasteiger partial charge in [-0.1, -0.05) is 25.7 Å². The van der Waals surface area contributed by atoms with Gasteiger partial charge in [0.1, 0.15) is 0 Å². The monoisotopic (exact) mass is 373 g/mol. The second-order valence-electron chi connectivity index (χ2n) is 5.11. The zero-order valence-corrected chi connectivity index (χ0v) is 13.9. The normalized spacial score (nSPS) is 16.4. The standard InChI is InChI=1S/C15H21F6N3O/c1-4-5-22-8-13(15(19,20)21)6-11(2)7-23-9-24-10-25-12(3)14(16,17)18/h4-6,10-12,23H,1,7-9H2,2-3H3/b13-6+,22-5-,24-10+. The molecule has 0 saturated heterocycles. The molecule has 2 unspecified atom stereocenters. The Hall–Kier alpha value is -1.84. The third kappa shape index (κ3) is 11.4. The highest BCUT2D eigenvalue weighted by molar-refractivity contribution is 5.70. The molecule has 0 aromatic rings. The topological polar surface area (TPSA) is 46.0 Å².